The van der Waals surface area contributed by atoms with E-state index in [4.69, 9.17) is 4.74 Å². The van der Waals surface area contributed by atoms with Gasteiger partial charge in [0.05, 0.1) is 12.1 Å². The highest BCUT2D eigenvalue weighted by molar-refractivity contribution is 5.73. The van der Waals surface area contributed by atoms with Crippen molar-refractivity contribution in [2.75, 3.05) is 0 Å². The molecule has 1 saturated carbocycles. The molecule has 2 heterocycles. The Morgan fingerprint density at radius 3 is 3.12 bits per heavy atom. The van der Waals surface area contributed by atoms with Gasteiger partial charge in [0.15, 0.2) is 5.60 Å². The van der Waals surface area contributed by atoms with Crippen molar-refractivity contribution in [3.63, 3.8) is 0 Å². The summed E-state index contributed by atoms with van der Waals surface area (Å²) in [5, 5.41) is 0. The van der Waals surface area contributed by atoms with E-state index < -0.39 is 5.60 Å². The van der Waals surface area contributed by atoms with E-state index in [9.17, 15) is 4.79 Å². The molecule has 84 valence electrons. The number of aromatic nitrogens is 1. The second-order valence-corrected chi connectivity index (χ2v) is 4.73. The van der Waals surface area contributed by atoms with Crippen LogP contribution in [0.15, 0.2) is 24.4 Å². The van der Waals surface area contributed by atoms with Crippen molar-refractivity contribution in [2.24, 2.45) is 5.92 Å². The van der Waals surface area contributed by atoms with Crippen LogP contribution in [0.3, 0.4) is 0 Å². The number of esters is 1. The first-order valence-corrected chi connectivity index (χ1v) is 5.95. The first kappa shape index (κ1) is 9.82. The SMILES string of the molecule is O=C1CC2CCCCC2(c2ccccn2)O1. The number of hydrogen-bond acceptors (Lipinski definition) is 3. The van der Waals surface area contributed by atoms with Crippen molar-refractivity contribution in [3.05, 3.63) is 30.1 Å². The maximum absolute atomic E-state index is 11.5. The van der Waals surface area contributed by atoms with Gasteiger partial charge >= 0.3 is 5.97 Å². The molecular formula is C13H15NO2. The number of carbonyl (C=O) groups excluding carboxylic acids is 1. The summed E-state index contributed by atoms with van der Waals surface area (Å²) in [5.41, 5.74) is 0.530. The topological polar surface area (TPSA) is 39.2 Å². The molecule has 0 aromatic carbocycles. The van der Waals surface area contributed by atoms with E-state index in [0.29, 0.717) is 12.3 Å². The maximum atomic E-state index is 11.5. The Labute approximate surface area is 94.8 Å². The highest BCUT2D eigenvalue weighted by atomic mass is 16.6. The predicted molar refractivity (Wildman–Crippen MR) is 58.6 cm³/mol. The fourth-order valence-corrected chi connectivity index (χ4v) is 3.07. The van der Waals surface area contributed by atoms with E-state index in [1.165, 1.54) is 6.42 Å². The highest BCUT2D eigenvalue weighted by Crippen LogP contribution is 2.49. The van der Waals surface area contributed by atoms with Crippen LogP contribution in [-0.4, -0.2) is 11.0 Å². The van der Waals surface area contributed by atoms with Crippen LogP contribution in [0.4, 0.5) is 0 Å². The monoisotopic (exact) mass is 217 g/mol. The summed E-state index contributed by atoms with van der Waals surface area (Å²) in [6, 6.07) is 5.85. The average molecular weight is 217 g/mol. The highest BCUT2D eigenvalue weighted by Gasteiger charge is 2.52. The van der Waals surface area contributed by atoms with Crippen LogP contribution in [0.25, 0.3) is 0 Å². The molecule has 0 amide bonds. The zero-order valence-corrected chi connectivity index (χ0v) is 9.19. The number of rotatable bonds is 1. The predicted octanol–water partition coefficient (Wildman–Crippen LogP) is 2.41. The summed E-state index contributed by atoms with van der Waals surface area (Å²) in [4.78, 5) is 15.9. The van der Waals surface area contributed by atoms with E-state index in [1.807, 2.05) is 18.2 Å². The Kier molecular flexibility index (Phi) is 2.20. The first-order valence-electron chi connectivity index (χ1n) is 5.95. The lowest BCUT2D eigenvalue weighted by atomic mass is 9.73. The number of carbonyl (C=O) groups is 1. The lowest BCUT2D eigenvalue weighted by Crippen LogP contribution is -2.36. The first-order chi connectivity index (χ1) is 7.81. The van der Waals surface area contributed by atoms with E-state index in [2.05, 4.69) is 4.98 Å². The van der Waals surface area contributed by atoms with E-state index >= 15 is 0 Å². The molecule has 1 aliphatic carbocycles. The van der Waals surface area contributed by atoms with Crippen molar-refractivity contribution >= 4 is 5.97 Å². The van der Waals surface area contributed by atoms with Gasteiger partial charge in [-0.25, -0.2) is 0 Å². The number of pyridine rings is 1. The van der Waals surface area contributed by atoms with Crippen LogP contribution < -0.4 is 0 Å². The van der Waals surface area contributed by atoms with Gasteiger partial charge in [-0.2, -0.15) is 0 Å². The van der Waals surface area contributed by atoms with Gasteiger partial charge in [0, 0.05) is 12.1 Å². The molecule has 3 nitrogen and oxygen atoms in total. The lowest BCUT2D eigenvalue weighted by molar-refractivity contribution is -0.153. The van der Waals surface area contributed by atoms with Gasteiger partial charge in [-0.3, -0.25) is 9.78 Å². The van der Waals surface area contributed by atoms with Gasteiger partial charge in [0.1, 0.15) is 0 Å². The van der Waals surface area contributed by atoms with Crippen LogP contribution in [0, 0.1) is 5.92 Å². The van der Waals surface area contributed by atoms with E-state index in [-0.39, 0.29) is 5.97 Å². The van der Waals surface area contributed by atoms with Crippen molar-refractivity contribution in [2.45, 2.75) is 37.7 Å². The molecule has 0 radical (unpaired) electrons. The molecule has 2 atom stereocenters. The Balaban J connectivity index is 2.03. The fourth-order valence-electron chi connectivity index (χ4n) is 3.07. The molecule has 3 rings (SSSR count). The average Bonchev–Trinajstić information content (AvgIpc) is 2.67. The molecule has 3 heteroatoms. The minimum absolute atomic E-state index is 0.0578. The third kappa shape index (κ3) is 1.34. The molecule has 2 unspecified atom stereocenters. The van der Waals surface area contributed by atoms with Crippen LogP contribution in [-0.2, 0) is 15.1 Å². The Morgan fingerprint density at radius 1 is 1.38 bits per heavy atom. The summed E-state index contributed by atoms with van der Waals surface area (Å²) in [6.07, 6.45) is 6.69. The molecule has 16 heavy (non-hydrogen) atoms. The third-order valence-electron chi connectivity index (χ3n) is 3.82. The molecule has 0 bridgehead atoms. The summed E-state index contributed by atoms with van der Waals surface area (Å²) in [5.74, 6) is 0.279. The number of hydrogen-bond donors (Lipinski definition) is 0. The smallest absolute Gasteiger partial charge is 0.307 e. The minimum atomic E-state index is -0.406. The molecular weight excluding hydrogens is 202 g/mol. The zero-order chi connectivity index (χ0) is 11.0. The van der Waals surface area contributed by atoms with Crippen molar-refractivity contribution < 1.29 is 9.53 Å². The number of ether oxygens (including phenoxy) is 1. The molecule has 0 N–H and O–H groups in total. The van der Waals surface area contributed by atoms with Gasteiger partial charge in [0.25, 0.3) is 0 Å². The molecule has 2 aliphatic rings. The second-order valence-electron chi connectivity index (χ2n) is 4.73. The summed E-state index contributed by atoms with van der Waals surface area (Å²) < 4.78 is 5.64. The van der Waals surface area contributed by atoms with Crippen LogP contribution in [0.2, 0.25) is 0 Å². The molecule has 1 aliphatic heterocycles. The fraction of sp³-hybridized carbons (Fsp3) is 0.538. The molecule has 2 fully saturated rings. The minimum Gasteiger partial charge on any atom is -0.452 e. The number of nitrogens with zero attached hydrogens (tertiary/aromatic N) is 1. The third-order valence-corrected chi connectivity index (χ3v) is 3.82. The summed E-state index contributed by atoms with van der Waals surface area (Å²) in [7, 11) is 0. The Morgan fingerprint density at radius 2 is 2.31 bits per heavy atom. The molecule has 1 saturated heterocycles. The summed E-state index contributed by atoms with van der Waals surface area (Å²) in [6.45, 7) is 0. The Bertz CT molecular complexity index is 404. The van der Waals surface area contributed by atoms with E-state index in [1.54, 1.807) is 6.20 Å². The molecule has 1 aromatic rings. The number of fused-ring (bicyclic) bond motifs is 1. The van der Waals surface area contributed by atoms with Crippen LogP contribution >= 0.6 is 0 Å². The van der Waals surface area contributed by atoms with Gasteiger partial charge in [0.2, 0.25) is 0 Å². The van der Waals surface area contributed by atoms with Gasteiger partial charge in [-0.1, -0.05) is 12.5 Å². The molecule has 1 aromatic heterocycles. The largest absolute Gasteiger partial charge is 0.452 e. The zero-order valence-electron chi connectivity index (χ0n) is 9.19. The van der Waals surface area contributed by atoms with Crippen molar-refractivity contribution in [1.82, 2.24) is 4.98 Å². The van der Waals surface area contributed by atoms with Gasteiger partial charge < -0.3 is 4.74 Å². The maximum Gasteiger partial charge on any atom is 0.307 e. The summed E-state index contributed by atoms with van der Waals surface area (Å²) >= 11 is 0. The normalized spacial score (nSPS) is 33.2. The van der Waals surface area contributed by atoms with E-state index in [0.717, 1.165) is 25.0 Å². The van der Waals surface area contributed by atoms with Crippen LogP contribution in [0.1, 0.15) is 37.8 Å². The van der Waals surface area contributed by atoms with Gasteiger partial charge in [-0.05, 0) is 31.4 Å². The van der Waals surface area contributed by atoms with Gasteiger partial charge in [-0.15, -0.1) is 0 Å². The quantitative estimate of drug-likeness (QED) is 0.678. The Hall–Kier alpha value is -1.38. The second kappa shape index (κ2) is 3.58. The molecule has 0 spiro atoms. The van der Waals surface area contributed by atoms with Crippen molar-refractivity contribution in [3.8, 4) is 0 Å². The van der Waals surface area contributed by atoms with Crippen LogP contribution in [0.5, 0.6) is 0 Å². The van der Waals surface area contributed by atoms with Crippen molar-refractivity contribution in [1.29, 1.82) is 0 Å². The lowest BCUT2D eigenvalue weighted by Gasteiger charge is -2.36. The standard InChI is InChI=1S/C13H15NO2/c15-12-9-10-5-1-3-7-13(10,16-12)11-6-2-4-8-14-11/h2,4,6,8,10H,1,3,5,7,9H2.